The van der Waals surface area contributed by atoms with E-state index in [9.17, 15) is 0 Å². The number of nitrogens with zero attached hydrogens (tertiary/aromatic N) is 1. The highest BCUT2D eigenvalue weighted by molar-refractivity contribution is 5.30. The normalized spacial score (nSPS) is 24.1. The Kier molecular flexibility index (Phi) is 3.85. The van der Waals surface area contributed by atoms with Gasteiger partial charge in [-0.05, 0) is 24.0 Å². The highest BCUT2D eigenvalue weighted by Gasteiger charge is 2.23. The molecule has 2 heterocycles. The first-order valence-electron chi connectivity index (χ1n) is 5.82. The van der Waals surface area contributed by atoms with Crippen molar-refractivity contribution in [2.24, 2.45) is 0 Å². The summed E-state index contributed by atoms with van der Waals surface area (Å²) in [5.74, 6) is 0. The zero-order valence-electron chi connectivity index (χ0n) is 9.36. The van der Waals surface area contributed by atoms with Crippen LogP contribution in [0.3, 0.4) is 0 Å². The average molecular weight is 239 g/mol. The third-order valence-electron chi connectivity index (χ3n) is 3.39. The van der Waals surface area contributed by atoms with Crippen molar-refractivity contribution in [1.29, 1.82) is 0 Å². The summed E-state index contributed by atoms with van der Waals surface area (Å²) in [5, 5.41) is 0. The highest BCUT2D eigenvalue weighted by atomic mass is 35.5. The summed E-state index contributed by atoms with van der Waals surface area (Å²) in [4.78, 5) is 2.50. The zero-order chi connectivity index (χ0) is 10.1. The zero-order valence-corrected chi connectivity index (χ0v) is 10.1. The van der Waals surface area contributed by atoms with Crippen LogP contribution >= 0.6 is 0 Å². The molecule has 1 aromatic carbocycles. The minimum atomic E-state index is 0. The molecule has 1 fully saturated rings. The van der Waals surface area contributed by atoms with Gasteiger partial charge in [-0.25, -0.2) is 0 Å². The highest BCUT2D eigenvalue weighted by Crippen LogP contribution is 2.24. The van der Waals surface area contributed by atoms with Crippen molar-refractivity contribution in [3.05, 3.63) is 35.4 Å². The Balaban J connectivity index is 0.000000963. The molecule has 1 atom stereocenters. The van der Waals surface area contributed by atoms with Crippen molar-refractivity contribution in [3.63, 3.8) is 0 Å². The van der Waals surface area contributed by atoms with E-state index in [4.69, 9.17) is 4.74 Å². The molecule has 0 aliphatic carbocycles. The van der Waals surface area contributed by atoms with Crippen molar-refractivity contribution >= 4 is 0 Å². The average Bonchev–Trinajstić information content (AvgIpc) is 2.86. The van der Waals surface area contributed by atoms with Crippen LogP contribution in [0.1, 0.15) is 24.0 Å². The second-order valence-electron chi connectivity index (χ2n) is 4.57. The number of ether oxygens (including phenoxy) is 1. The molecule has 3 heteroatoms. The van der Waals surface area contributed by atoms with Crippen molar-refractivity contribution in [2.75, 3.05) is 13.2 Å². The minimum absolute atomic E-state index is 0. The Morgan fingerprint density at radius 2 is 1.88 bits per heavy atom. The first-order chi connectivity index (χ1) is 7.42. The molecule has 2 nitrogen and oxygen atoms in total. The molecule has 2 aliphatic heterocycles. The lowest BCUT2D eigenvalue weighted by molar-refractivity contribution is -0.00000516. The van der Waals surface area contributed by atoms with E-state index in [0.717, 1.165) is 26.2 Å². The van der Waals surface area contributed by atoms with E-state index in [1.807, 2.05) is 0 Å². The maximum atomic E-state index is 5.67. The molecule has 0 saturated carbocycles. The van der Waals surface area contributed by atoms with Crippen LogP contribution in [-0.4, -0.2) is 24.2 Å². The summed E-state index contributed by atoms with van der Waals surface area (Å²) < 4.78 is 5.67. The summed E-state index contributed by atoms with van der Waals surface area (Å²) in [5.41, 5.74) is 2.99. The molecule has 1 saturated heterocycles. The quantitative estimate of drug-likeness (QED) is 0.668. The van der Waals surface area contributed by atoms with E-state index < -0.39 is 0 Å². The molecule has 0 spiro atoms. The molecule has 0 radical (unpaired) electrons. The lowest BCUT2D eigenvalue weighted by Crippen LogP contribution is -3.00. The minimum Gasteiger partial charge on any atom is -1.00 e. The second kappa shape index (κ2) is 5.17. The van der Waals surface area contributed by atoms with Gasteiger partial charge in [0.15, 0.2) is 0 Å². The Labute approximate surface area is 103 Å². The summed E-state index contributed by atoms with van der Waals surface area (Å²) in [7, 11) is 0. The lowest BCUT2D eigenvalue weighted by atomic mass is 10.1. The van der Waals surface area contributed by atoms with E-state index >= 15 is 0 Å². The van der Waals surface area contributed by atoms with Gasteiger partial charge in [-0.15, -0.1) is 0 Å². The maximum absolute atomic E-state index is 5.67. The van der Waals surface area contributed by atoms with Crippen LogP contribution in [0.25, 0.3) is 0 Å². The SMILES string of the molecule is [Cl-].c1ccc2c(c1)CN(CC1CCCO1)C2. The van der Waals surface area contributed by atoms with Gasteiger partial charge in [0.1, 0.15) is 0 Å². The van der Waals surface area contributed by atoms with Gasteiger partial charge in [-0.3, -0.25) is 4.90 Å². The second-order valence-corrected chi connectivity index (χ2v) is 4.57. The van der Waals surface area contributed by atoms with E-state index in [-0.39, 0.29) is 12.4 Å². The summed E-state index contributed by atoms with van der Waals surface area (Å²) in [6.45, 7) is 4.28. The molecular weight excluding hydrogens is 222 g/mol. The number of hydrogen-bond acceptors (Lipinski definition) is 2. The van der Waals surface area contributed by atoms with Crippen LogP contribution in [0.2, 0.25) is 0 Å². The standard InChI is InChI=1S/C13H17NO.ClH/c1-2-5-12-9-14(8-11(12)4-1)10-13-6-3-7-15-13;/h1-2,4-5,13H,3,6-10H2;1H/p-1. The first-order valence-corrected chi connectivity index (χ1v) is 5.82. The molecule has 1 unspecified atom stereocenters. The maximum Gasteiger partial charge on any atom is 0.0703 e. The van der Waals surface area contributed by atoms with E-state index in [2.05, 4.69) is 29.2 Å². The van der Waals surface area contributed by atoms with Gasteiger partial charge >= 0.3 is 0 Å². The number of fused-ring (bicyclic) bond motifs is 1. The molecule has 0 bridgehead atoms. The fourth-order valence-corrected chi connectivity index (χ4v) is 2.61. The van der Waals surface area contributed by atoms with Gasteiger partial charge in [0.2, 0.25) is 0 Å². The van der Waals surface area contributed by atoms with Gasteiger partial charge in [0.25, 0.3) is 0 Å². The van der Waals surface area contributed by atoms with Gasteiger partial charge in [0.05, 0.1) is 6.10 Å². The van der Waals surface area contributed by atoms with Gasteiger partial charge < -0.3 is 17.1 Å². The largest absolute Gasteiger partial charge is 1.00 e. The van der Waals surface area contributed by atoms with Crippen LogP contribution in [0.15, 0.2) is 24.3 Å². The van der Waals surface area contributed by atoms with Crippen molar-refractivity contribution in [2.45, 2.75) is 32.0 Å². The summed E-state index contributed by atoms with van der Waals surface area (Å²) in [6.07, 6.45) is 2.97. The predicted molar refractivity (Wildman–Crippen MR) is 59.5 cm³/mol. The van der Waals surface area contributed by atoms with Gasteiger partial charge in [-0.1, -0.05) is 24.3 Å². The van der Waals surface area contributed by atoms with Crippen LogP contribution in [-0.2, 0) is 17.8 Å². The number of rotatable bonds is 2. The Morgan fingerprint density at radius 1 is 1.19 bits per heavy atom. The molecule has 0 N–H and O–H groups in total. The fourth-order valence-electron chi connectivity index (χ4n) is 2.61. The third-order valence-corrected chi connectivity index (χ3v) is 3.39. The van der Waals surface area contributed by atoms with Gasteiger partial charge in [-0.2, -0.15) is 0 Å². The topological polar surface area (TPSA) is 12.5 Å². The van der Waals surface area contributed by atoms with Crippen LogP contribution in [0, 0.1) is 0 Å². The Morgan fingerprint density at radius 3 is 2.44 bits per heavy atom. The molecular formula is C13H17ClNO-. The van der Waals surface area contributed by atoms with E-state index in [1.165, 1.54) is 24.0 Å². The lowest BCUT2D eigenvalue weighted by Gasteiger charge is -2.18. The summed E-state index contributed by atoms with van der Waals surface area (Å²) in [6, 6.07) is 8.75. The van der Waals surface area contributed by atoms with E-state index in [1.54, 1.807) is 0 Å². The molecule has 88 valence electrons. The first kappa shape index (κ1) is 11.9. The molecule has 1 aromatic rings. The Bertz CT molecular complexity index is 325. The number of benzene rings is 1. The molecule has 0 aromatic heterocycles. The molecule has 16 heavy (non-hydrogen) atoms. The summed E-state index contributed by atoms with van der Waals surface area (Å²) >= 11 is 0. The van der Waals surface area contributed by atoms with E-state index in [0.29, 0.717) is 6.10 Å². The molecule has 2 aliphatic rings. The van der Waals surface area contributed by atoms with Crippen LogP contribution in [0.5, 0.6) is 0 Å². The van der Waals surface area contributed by atoms with Crippen LogP contribution < -0.4 is 12.4 Å². The van der Waals surface area contributed by atoms with Crippen LogP contribution in [0.4, 0.5) is 0 Å². The number of hydrogen-bond donors (Lipinski definition) is 0. The fraction of sp³-hybridized carbons (Fsp3) is 0.538. The number of halogens is 1. The van der Waals surface area contributed by atoms with Gasteiger partial charge in [0, 0.05) is 26.2 Å². The van der Waals surface area contributed by atoms with Crippen molar-refractivity contribution in [3.8, 4) is 0 Å². The monoisotopic (exact) mass is 238 g/mol. The Hall–Kier alpha value is -0.570. The third kappa shape index (κ3) is 2.40. The van der Waals surface area contributed by atoms with Crippen molar-refractivity contribution < 1.29 is 17.1 Å². The van der Waals surface area contributed by atoms with Crippen molar-refractivity contribution in [1.82, 2.24) is 4.90 Å². The molecule has 0 amide bonds. The predicted octanol–water partition coefficient (Wildman–Crippen LogP) is -0.815. The smallest absolute Gasteiger partial charge is 0.0703 e. The molecule has 3 rings (SSSR count).